The summed E-state index contributed by atoms with van der Waals surface area (Å²) in [6.45, 7) is 1.79. The number of piperidine rings is 1. The van der Waals surface area contributed by atoms with E-state index in [2.05, 4.69) is 14.6 Å². The Hall–Kier alpha value is -1.12. The maximum absolute atomic E-state index is 12.2. The number of aryl methyl sites for hydroxylation is 1. The maximum Gasteiger partial charge on any atom is 0.260 e. The van der Waals surface area contributed by atoms with Gasteiger partial charge in [0.05, 0.1) is 6.33 Å². The van der Waals surface area contributed by atoms with Gasteiger partial charge in [0.2, 0.25) is 0 Å². The van der Waals surface area contributed by atoms with Crippen LogP contribution in [0.2, 0.25) is 0 Å². The molecule has 0 spiro atoms. The van der Waals surface area contributed by atoms with E-state index in [0.717, 1.165) is 25.9 Å². The standard InChI is InChI=1S/C10H19N5O2S/c1-14-5-3-8(4-6-14)13-18(16,17)10-9(11)12-7-15(10)2/h7-8,13H,3-6,11H2,1-2H3. The SMILES string of the molecule is CN1CCC(NS(=O)(=O)c2c(N)ncn2C)CC1. The summed E-state index contributed by atoms with van der Waals surface area (Å²) in [6, 6.07) is -0.0273. The largest absolute Gasteiger partial charge is 0.381 e. The summed E-state index contributed by atoms with van der Waals surface area (Å²) in [5.74, 6) is 0.0397. The molecule has 0 bridgehead atoms. The van der Waals surface area contributed by atoms with Crippen molar-refractivity contribution in [1.29, 1.82) is 0 Å². The van der Waals surface area contributed by atoms with Gasteiger partial charge in [-0.15, -0.1) is 0 Å². The van der Waals surface area contributed by atoms with Gasteiger partial charge in [-0.1, -0.05) is 0 Å². The summed E-state index contributed by atoms with van der Waals surface area (Å²) in [4.78, 5) is 5.98. The number of anilines is 1. The highest BCUT2D eigenvalue weighted by molar-refractivity contribution is 7.89. The number of aromatic nitrogens is 2. The molecule has 7 nitrogen and oxygen atoms in total. The zero-order valence-electron chi connectivity index (χ0n) is 10.6. The fourth-order valence-corrected chi connectivity index (χ4v) is 3.71. The van der Waals surface area contributed by atoms with Crippen molar-refractivity contribution in [3.05, 3.63) is 6.33 Å². The molecule has 0 amide bonds. The van der Waals surface area contributed by atoms with Crippen LogP contribution in [0.1, 0.15) is 12.8 Å². The van der Waals surface area contributed by atoms with Crippen molar-refractivity contribution in [3.8, 4) is 0 Å². The van der Waals surface area contributed by atoms with Crippen LogP contribution in [0.4, 0.5) is 5.82 Å². The van der Waals surface area contributed by atoms with Crippen LogP contribution in [0.3, 0.4) is 0 Å². The third kappa shape index (κ3) is 2.65. The molecule has 0 unspecified atom stereocenters. The predicted octanol–water partition coefficient (Wildman–Crippen LogP) is -0.625. The van der Waals surface area contributed by atoms with Gasteiger partial charge in [0.25, 0.3) is 10.0 Å². The number of hydrogen-bond acceptors (Lipinski definition) is 5. The molecule has 102 valence electrons. The molecule has 2 rings (SSSR count). The summed E-state index contributed by atoms with van der Waals surface area (Å²) in [6.07, 6.45) is 3.03. The number of rotatable bonds is 3. The number of nitrogens with zero attached hydrogens (tertiary/aromatic N) is 3. The summed E-state index contributed by atoms with van der Waals surface area (Å²) in [7, 11) is 0.0608. The first-order valence-electron chi connectivity index (χ1n) is 5.88. The highest BCUT2D eigenvalue weighted by Gasteiger charge is 2.27. The minimum atomic E-state index is -3.59. The fourth-order valence-electron chi connectivity index (χ4n) is 2.17. The summed E-state index contributed by atoms with van der Waals surface area (Å²) in [5, 5.41) is 0.0430. The van der Waals surface area contributed by atoms with Crippen molar-refractivity contribution >= 4 is 15.8 Å². The Balaban J connectivity index is 2.13. The van der Waals surface area contributed by atoms with Crippen molar-refractivity contribution in [2.45, 2.75) is 23.9 Å². The third-order valence-corrected chi connectivity index (χ3v) is 4.85. The van der Waals surface area contributed by atoms with Crippen molar-refractivity contribution < 1.29 is 8.42 Å². The molecule has 3 N–H and O–H groups in total. The molecule has 0 saturated carbocycles. The van der Waals surface area contributed by atoms with Gasteiger partial charge in [-0.05, 0) is 33.0 Å². The lowest BCUT2D eigenvalue weighted by Crippen LogP contribution is -2.43. The molecule has 0 aromatic carbocycles. The molecule has 2 heterocycles. The molecule has 1 aromatic rings. The Kier molecular flexibility index (Phi) is 3.60. The minimum absolute atomic E-state index is 0.0273. The topological polar surface area (TPSA) is 93.2 Å². The first kappa shape index (κ1) is 13.3. The Bertz CT molecular complexity index is 497. The molecule has 0 aliphatic carbocycles. The number of nitrogens with one attached hydrogen (secondary N) is 1. The second kappa shape index (κ2) is 4.87. The van der Waals surface area contributed by atoms with E-state index < -0.39 is 10.0 Å². The summed E-state index contributed by atoms with van der Waals surface area (Å²) in [5.41, 5.74) is 5.60. The molecule has 1 aliphatic rings. The van der Waals surface area contributed by atoms with E-state index in [0.29, 0.717) is 0 Å². The van der Waals surface area contributed by atoms with Gasteiger partial charge in [0, 0.05) is 13.1 Å². The van der Waals surface area contributed by atoms with Gasteiger partial charge in [0.1, 0.15) is 0 Å². The van der Waals surface area contributed by atoms with Crippen LogP contribution in [-0.2, 0) is 17.1 Å². The van der Waals surface area contributed by atoms with Crippen LogP contribution in [0.15, 0.2) is 11.4 Å². The number of nitrogen functional groups attached to an aromatic ring is 1. The van der Waals surface area contributed by atoms with E-state index >= 15 is 0 Å². The summed E-state index contributed by atoms with van der Waals surface area (Å²) < 4.78 is 28.6. The molecule has 8 heteroatoms. The minimum Gasteiger partial charge on any atom is -0.381 e. The zero-order valence-corrected chi connectivity index (χ0v) is 11.4. The normalized spacial score (nSPS) is 19.2. The highest BCUT2D eigenvalue weighted by atomic mass is 32.2. The lowest BCUT2D eigenvalue weighted by Gasteiger charge is -2.29. The van der Waals surface area contributed by atoms with E-state index in [9.17, 15) is 8.42 Å². The van der Waals surface area contributed by atoms with Gasteiger partial charge < -0.3 is 15.2 Å². The van der Waals surface area contributed by atoms with E-state index in [1.54, 1.807) is 7.05 Å². The van der Waals surface area contributed by atoms with E-state index in [-0.39, 0.29) is 16.9 Å². The quantitative estimate of drug-likeness (QED) is 0.765. The number of hydrogen-bond donors (Lipinski definition) is 2. The van der Waals surface area contributed by atoms with Crippen LogP contribution in [0, 0.1) is 0 Å². The molecule has 1 saturated heterocycles. The van der Waals surface area contributed by atoms with Gasteiger partial charge in [-0.25, -0.2) is 18.1 Å². The van der Waals surface area contributed by atoms with Gasteiger partial charge in [0.15, 0.2) is 10.8 Å². The van der Waals surface area contributed by atoms with Crippen LogP contribution in [0.5, 0.6) is 0 Å². The number of sulfonamides is 1. The van der Waals surface area contributed by atoms with Crippen LogP contribution in [-0.4, -0.2) is 49.0 Å². The van der Waals surface area contributed by atoms with Gasteiger partial charge in [-0.2, -0.15) is 0 Å². The average Bonchev–Trinajstić information content (AvgIpc) is 2.62. The molecule has 18 heavy (non-hydrogen) atoms. The van der Waals surface area contributed by atoms with Crippen molar-refractivity contribution in [2.24, 2.45) is 7.05 Å². The van der Waals surface area contributed by atoms with Crippen molar-refractivity contribution in [1.82, 2.24) is 19.2 Å². The smallest absolute Gasteiger partial charge is 0.260 e. The molecule has 0 radical (unpaired) electrons. The molecule has 0 atom stereocenters. The number of imidazole rings is 1. The van der Waals surface area contributed by atoms with Gasteiger partial charge in [-0.3, -0.25) is 0 Å². The van der Waals surface area contributed by atoms with Crippen molar-refractivity contribution in [2.75, 3.05) is 25.9 Å². The first-order valence-corrected chi connectivity index (χ1v) is 7.36. The fraction of sp³-hybridized carbons (Fsp3) is 0.700. The maximum atomic E-state index is 12.2. The lowest BCUT2D eigenvalue weighted by atomic mass is 10.1. The van der Waals surface area contributed by atoms with Crippen molar-refractivity contribution in [3.63, 3.8) is 0 Å². The third-order valence-electron chi connectivity index (χ3n) is 3.20. The zero-order chi connectivity index (χ0) is 13.3. The van der Waals surface area contributed by atoms with Crippen LogP contribution in [0.25, 0.3) is 0 Å². The molecular weight excluding hydrogens is 254 g/mol. The second-order valence-electron chi connectivity index (χ2n) is 4.74. The number of nitrogens with two attached hydrogens (primary N) is 1. The Morgan fingerprint density at radius 2 is 2.00 bits per heavy atom. The molecule has 1 aliphatic heterocycles. The van der Waals surface area contributed by atoms with Crippen LogP contribution < -0.4 is 10.5 Å². The number of likely N-dealkylation sites (tertiary alicyclic amines) is 1. The van der Waals surface area contributed by atoms with E-state index in [4.69, 9.17) is 5.73 Å². The van der Waals surface area contributed by atoms with E-state index in [1.807, 2.05) is 7.05 Å². The Morgan fingerprint density at radius 3 is 2.50 bits per heavy atom. The first-order chi connectivity index (χ1) is 8.40. The predicted molar refractivity (Wildman–Crippen MR) is 68.5 cm³/mol. The Labute approximate surface area is 107 Å². The lowest BCUT2D eigenvalue weighted by molar-refractivity contribution is 0.248. The monoisotopic (exact) mass is 273 g/mol. The molecule has 1 fully saturated rings. The average molecular weight is 273 g/mol. The van der Waals surface area contributed by atoms with Gasteiger partial charge >= 0.3 is 0 Å². The highest BCUT2D eigenvalue weighted by Crippen LogP contribution is 2.17. The second-order valence-corrected chi connectivity index (χ2v) is 6.37. The summed E-state index contributed by atoms with van der Waals surface area (Å²) >= 11 is 0. The molecular formula is C10H19N5O2S. The molecule has 1 aromatic heterocycles. The Morgan fingerprint density at radius 1 is 1.39 bits per heavy atom. The van der Waals surface area contributed by atoms with Crippen LogP contribution >= 0.6 is 0 Å². The van der Waals surface area contributed by atoms with E-state index in [1.165, 1.54) is 10.9 Å².